The lowest BCUT2D eigenvalue weighted by Crippen LogP contribution is -1.94. The maximum atomic E-state index is 5.37. The molecule has 0 aliphatic heterocycles. The lowest BCUT2D eigenvalue weighted by molar-refractivity contribution is 0.294. The fourth-order valence-electron chi connectivity index (χ4n) is 1.36. The molecule has 0 aliphatic rings. The van der Waals surface area contributed by atoms with Gasteiger partial charge in [0.2, 0.25) is 0 Å². The van der Waals surface area contributed by atoms with Gasteiger partial charge in [-0.15, -0.1) is 0 Å². The van der Waals surface area contributed by atoms with Gasteiger partial charge in [0.15, 0.2) is 0 Å². The van der Waals surface area contributed by atoms with Crippen LogP contribution in [0.3, 0.4) is 0 Å². The van der Waals surface area contributed by atoms with Gasteiger partial charge in [0, 0.05) is 0 Å². The van der Waals surface area contributed by atoms with Crippen molar-refractivity contribution in [2.75, 3.05) is 7.11 Å². The molecule has 0 aromatic heterocycles. The third kappa shape index (κ3) is 4.16. The Morgan fingerprint density at radius 1 is 1.31 bits per heavy atom. The van der Waals surface area contributed by atoms with Gasteiger partial charge in [-0.2, -0.15) is 0 Å². The molecule has 0 spiro atoms. The molecule has 0 unspecified atom stereocenters. The van der Waals surface area contributed by atoms with Gasteiger partial charge < -0.3 is 4.74 Å². The van der Waals surface area contributed by atoms with E-state index in [-0.39, 0.29) is 0 Å². The molecule has 0 aromatic rings. The summed E-state index contributed by atoms with van der Waals surface area (Å²) >= 11 is 0. The van der Waals surface area contributed by atoms with Crippen LogP contribution in [0.25, 0.3) is 0 Å². The molecule has 0 rings (SSSR count). The Bertz CT molecular complexity index is 199. The SMILES string of the molecule is C/C=C(C)\C(OC)=C(\C)CCCC. The zero-order chi connectivity index (χ0) is 10.3. The molecule has 0 radical (unpaired) electrons. The first-order valence-electron chi connectivity index (χ1n) is 5.04. The van der Waals surface area contributed by atoms with Gasteiger partial charge in [0.1, 0.15) is 5.76 Å². The van der Waals surface area contributed by atoms with E-state index in [0.717, 1.165) is 12.2 Å². The third-order valence-electron chi connectivity index (χ3n) is 2.29. The average Bonchev–Trinajstić information content (AvgIpc) is 2.15. The van der Waals surface area contributed by atoms with Crippen LogP contribution in [-0.4, -0.2) is 7.11 Å². The first-order valence-corrected chi connectivity index (χ1v) is 5.04. The molecular weight excluding hydrogens is 160 g/mol. The highest BCUT2D eigenvalue weighted by Gasteiger charge is 2.03. The molecule has 76 valence electrons. The Balaban J connectivity index is 4.49. The summed E-state index contributed by atoms with van der Waals surface area (Å²) < 4.78 is 5.37. The highest BCUT2D eigenvalue weighted by atomic mass is 16.5. The highest BCUT2D eigenvalue weighted by Crippen LogP contribution is 2.19. The van der Waals surface area contributed by atoms with Crippen LogP contribution in [0.2, 0.25) is 0 Å². The maximum Gasteiger partial charge on any atom is 0.120 e. The summed E-state index contributed by atoms with van der Waals surface area (Å²) in [6, 6.07) is 0. The molecule has 0 aliphatic carbocycles. The Morgan fingerprint density at radius 3 is 2.31 bits per heavy atom. The van der Waals surface area contributed by atoms with Gasteiger partial charge in [-0.05, 0) is 44.8 Å². The monoisotopic (exact) mass is 182 g/mol. The van der Waals surface area contributed by atoms with Gasteiger partial charge >= 0.3 is 0 Å². The summed E-state index contributed by atoms with van der Waals surface area (Å²) in [4.78, 5) is 0. The molecule has 0 aromatic carbocycles. The number of hydrogen-bond donors (Lipinski definition) is 0. The minimum absolute atomic E-state index is 1.07. The number of rotatable bonds is 5. The smallest absolute Gasteiger partial charge is 0.120 e. The van der Waals surface area contributed by atoms with Gasteiger partial charge in [0.05, 0.1) is 7.11 Å². The van der Waals surface area contributed by atoms with Crippen molar-refractivity contribution in [3.63, 3.8) is 0 Å². The molecule has 0 bridgehead atoms. The minimum Gasteiger partial charge on any atom is -0.497 e. The van der Waals surface area contributed by atoms with E-state index < -0.39 is 0 Å². The Hall–Kier alpha value is -0.720. The number of ether oxygens (including phenoxy) is 1. The summed E-state index contributed by atoms with van der Waals surface area (Å²) in [5.41, 5.74) is 2.59. The van der Waals surface area contributed by atoms with Crippen molar-refractivity contribution in [3.8, 4) is 0 Å². The van der Waals surface area contributed by atoms with Crippen molar-refractivity contribution in [2.45, 2.75) is 47.0 Å². The maximum absolute atomic E-state index is 5.37. The predicted octanol–water partition coefficient (Wildman–Crippen LogP) is 4.06. The molecule has 1 nitrogen and oxygen atoms in total. The Kier molecular flexibility index (Phi) is 6.38. The van der Waals surface area contributed by atoms with Crippen LogP contribution in [0.1, 0.15) is 47.0 Å². The standard InChI is InChI=1S/C12H22O/c1-6-8-9-11(4)12(13-5)10(3)7-2/h7H,6,8-9H2,1-5H3/b10-7-,12-11+. The number of allylic oxidation sites excluding steroid dienone is 3. The molecule has 0 amide bonds. The van der Waals surface area contributed by atoms with Crippen LogP contribution in [0, 0.1) is 0 Å². The molecule has 0 saturated heterocycles. The second kappa shape index (κ2) is 6.76. The summed E-state index contributed by atoms with van der Waals surface area (Å²) in [6.07, 6.45) is 5.72. The van der Waals surface area contributed by atoms with Crippen molar-refractivity contribution < 1.29 is 4.74 Å². The summed E-state index contributed by atoms with van der Waals surface area (Å²) in [7, 11) is 1.75. The first kappa shape index (κ1) is 12.3. The fraction of sp³-hybridized carbons (Fsp3) is 0.667. The van der Waals surface area contributed by atoms with E-state index in [1.165, 1.54) is 24.0 Å². The molecule has 0 heterocycles. The fourth-order valence-corrected chi connectivity index (χ4v) is 1.36. The van der Waals surface area contributed by atoms with Crippen LogP contribution in [0.15, 0.2) is 23.0 Å². The number of methoxy groups -OCH3 is 1. The minimum atomic E-state index is 1.07. The lowest BCUT2D eigenvalue weighted by atomic mass is 10.1. The first-order chi connectivity index (χ1) is 6.17. The van der Waals surface area contributed by atoms with E-state index in [1.54, 1.807) is 7.11 Å². The van der Waals surface area contributed by atoms with E-state index in [2.05, 4.69) is 26.8 Å². The summed E-state index contributed by atoms with van der Waals surface area (Å²) in [6.45, 7) is 8.50. The van der Waals surface area contributed by atoms with Gasteiger partial charge in [-0.1, -0.05) is 19.4 Å². The molecule has 0 fully saturated rings. The van der Waals surface area contributed by atoms with Crippen molar-refractivity contribution in [2.24, 2.45) is 0 Å². The molecule has 0 saturated carbocycles. The Labute approximate surface area is 82.5 Å². The molecule has 13 heavy (non-hydrogen) atoms. The zero-order valence-corrected chi connectivity index (χ0v) is 9.61. The van der Waals surface area contributed by atoms with Crippen LogP contribution < -0.4 is 0 Å². The molecule has 0 atom stereocenters. The molecule has 0 N–H and O–H groups in total. The second-order valence-electron chi connectivity index (χ2n) is 3.39. The van der Waals surface area contributed by atoms with Crippen molar-refractivity contribution in [1.29, 1.82) is 0 Å². The van der Waals surface area contributed by atoms with Crippen LogP contribution in [-0.2, 0) is 4.74 Å². The normalized spacial score (nSPS) is 14.1. The molecular formula is C12H22O. The van der Waals surface area contributed by atoms with E-state index in [1.807, 2.05) is 6.92 Å². The Morgan fingerprint density at radius 2 is 1.92 bits per heavy atom. The molecule has 1 heteroatoms. The average molecular weight is 182 g/mol. The topological polar surface area (TPSA) is 9.23 Å². The lowest BCUT2D eigenvalue weighted by Gasteiger charge is -2.11. The summed E-state index contributed by atoms with van der Waals surface area (Å²) in [5.74, 6) is 1.07. The third-order valence-corrected chi connectivity index (χ3v) is 2.29. The zero-order valence-electron chi connectivity index (χ0n) is 9.61. The van der Waals surface area contributed by atoms with E-state index in [4.69, 9.17) is 4.74 Å². The van der Waals surface area contributed by atoms with Gasteiger partial charge in [-0.25, -0.2) is 0 Å². The van der Waals surface area contributed by atoms with Crippen LogP contribution >= 0.6 is 0 Å². The largest absolute Gasteiger partial charge is 0.497 e. The van der Waals surface area contributed by atoms with Crippen molar-refractivity contribution in [3.05, 3.63) is 23.0 Å². The van der Waals surface area contributed by atoms with Crippen LogP contribution in [0.4, 0.5) is 0 Å². The van der Waals surface area contributed by atoms with E-state index >= 15 is 0 Å². The van der Waals surface area contributed by atoms with Crippen LogP contribution in [0.5, 0.6) is 0 Å². The van der Waals surface area contributed by atoms with E-state index in [9.17, 15) is 0 Å². The predicted molar refractivity (Wildman–Crippen MR) is 58.7 cm³/mol. The second-order valence-corrected chi connectivity index (χ2v) is 3.39. The van der Waals surface area contributed by atoms with Crippen molar-refractivity contribution >= 4 is 0 Å². The van der Waals surface area contributed by atoms with Gasteiger partial charge in [0.25, 0.3) is 0 Å². The summed E-state index contributed by atoms with van der Waals surface area (Å²) in [5, 5.41) is 0. The van der Waals surface area contributed by atoms with Crippen molar-refractivity contribution in [1.82, 2.24) is 0 Å². The quantitative estimate of drug-likeness (QED) is 0.460. The van der Waals surface area contributed by atoms with Gasteiger partial charge in [-0.3, -0.25) is 0 Å². The highest BCUT2D eigenvalue weighted by molar-refractivity contribution is 5.27. The number of hydrogen-bond acceptors (Lipinski definition) is 1. The van der Waals surface area contributed by atoms with E-state index in [0.29, 0.717) is 0 Å². The number of unbranched alkanes of at least 4 members (excludes halogenated alkanes) is 1.